The van der Waals surface area contributed by atoms with Crippen molar-refractivity contribution in [1.82, 2.24) is 15.0 Å². The summed E-state index contributed by atoms with van der Waals surface area (Å²) in [7, 11) is 1.67. The zero-order chi connectivity index (χ0) is 17.6. The van der Waals surface area contributed by atoms with Crippen LogP contribution in [0.15, 0.2) is 41.7 Å². The second kappa shape index (κ2) is 10.3. The third-order valence-corrected chi connectivity index (χ3v) is 4.92. The molecule has 132 valence electrons. The Balaban J connectivity index is 0.00000243. The standard InChI is InChI=1S/C18H20N3O3S.Na/c1-13-16(19-9-8-17(13)24-11-5-10-23-2)12-25(22)18-20-14-6-3-4-7-15(14)21-18;/h3-4,6-9H,5,10-12H2,1-2H3;/q-1;+1/t25-;/m1./s1. The summed E-state index contributed by atoms with van der Waals surface area (Å²) in [6, 6.07) is 9.32. The predicted molar refractivity (Wildman–Crippen MR) is 96.1 cm³/mol. The van der Waals surface area contributed by atoms with Crippen LogP contribution in [0.3, 0.4) is 0 Å². The van der Waals surface area contributed by atoms with E-state index in [0.717, 1.165) is 34.5 Å². The van der Waals surface area contributed by atoms with E-state index in [4.69, 9.17) is 9.47 Å². The molecule has 2 heterocycles. The van der Waals surface area contributed by atoms with Crippen molar-refractivity contribution in [3.8, 4) is 5.75 Å². The van der Waals surface area contributed by atoms with Gasteiger partial charge in [0.2, 0.25) is 0 Å². The molecule has 0 spiro atoms. The average Bonchev–Trinajstić information content (AvgIpc) is 3.06. The molecule has 0 amide bonds. The molecule has 3 aromatic rings. The zero-order valence-electron chi connectivity index (χ0n) is 15.3. The minimum atomic E-state index is -1.35. The van der Waals surface area contributed by atoms with Crippen molar-refractivity contribution < 1.29 is 43.6 Å². The van der Waals surface area contributed by atoms with E-state index in [1.807, 2.05) is 37.3 Å². The average molecular weight is 381 g/mol. The van der Waals surface area contributed by atoms with E-state index >= 15 is 0 Å². The fourth-order valence-corrected chi connectivity index (χ4v) is 3.49. The molecule has 2 aromatic heterocycles. The Morgan fingerprint density at radius 2 is 2.00 bits per heavy atom. The van der Waals surface area contributed by atoms with Crippen LogP contribution in [0.1, 0.15) is 17.7 Å². The van der Waals surface area contributed by atoms with Crippen molar-refractivity contribution in [2.24, 2.45) is 0 Å². The first-order valence-corrected chi connectivity index (χ1v) is 9.35. The maximum atomic E-state index is 12.6. The number of imidazole rings is 1. The van der Waals surface area contributed by atoms with Crippen LogP contribution in [-0.2, 0) is 21.7 Å². The summed E-state index contributed by atoms with van der Waals surface area (Å²) in [4.78, 5) is 13.0. The molecule has 0 aliphatic heterocycles. The minimum Gasteiger partial charge on any atom is -0.612 e. The fourth-order valence-electron chi connectivity index (χ4n) is 2.42. The molecule has 0 saturated carbocycles. The second-order valence-corrected chi connectivity index (χ2v) is 6.91. The molecule has 0 unspecified atom stereocenters. The summed E-state index contributed by atoms with van der Waals surface area (Å²) < 4.78 is 23.4. The molecule has 1 aromatic carbocycles. The Morgan fingerprint density at radius 1 is 1.19 bits per heavy atom. The first kappa shape index (κ1) is 21.2. The van der Waals surface area contributed by atoms with E-state index in [9.17, 15) is 4.55 Å². The molecule has 0 fully saturated rings. The summed E-state index contributed by atoms with van der Waals surface area (Å²) in [5.41, 5.74) is 3.14. The summed E-state index contributed by atoms with van der Waals surface area (Å²) in [6.45, 7) is 3.15. The Bertz CT molecular complexity index is 810. The van der Waals surface area contributed by atoms with Crippen LogP contribution in [0.25, 0.3) is 11.0 Å². The smallest absolute Gasteiger partial charge is 0.612 e. The number of hydrogen-bond donors (Lipinski definition) is 0. The number of fused-ring (bicyclic) bond motifs is 1. The summed E-state index contributed by atoms with van der Waals surface area (Å²) >= 11 is -1.35. The number of nitrogens with zero attached hydrogens (tertiary/aromatic N) is 3. The van der Waals surface area contributed by atoms with Gasteiger partial charge in [0.25, 0.3) is 0 Å². The molecule has 0 bridgehead atoms. The molecular weight excluding hydrogens is 361 g/mol. The molecule has 0 radical (unpaired) electrons. The Labute approximate surface area is 178 Å². The zero-order valence-corrected chi connectivity index (χ0v) is 18.1. The van der Waals surface area contributed by atoms with Crippen molar-refractivity contribution in [3.05, 3.63) is 47.8 Å². The van der Waals surface area contributed by atoms with Gasteiger partial charge >= 0.3 is 29.6 Å². The van der Waals surface area contributed by atoms with Crippen LogP contribution in [0.4, 0.5) is 0 Å². The van der Waals surface area contributed by atoms with Gasteiger partial charge in [-0.2, -0.15) is 0 Å². The maximum absolute atomic E-state index is 12.6. The van der Waals surface area contributed by atoms with Crippen molar-refractivity contribution in [1.29, 1.82) is 0 Å². The molecule has 0 aliphatic carbocycles. The van der Waals surface area contributed by atoms with Gasteiger partial charge in [-0.05, 0) is 35.2 Å². The topological polar surface area (TPSA) is 81.4 Å². The van der Waals surface area contributed by atoms with Gasteiger partial charge in [-0.25, -0.2) is 0 Å². The SMILES string of the molecule is COCCCOc1ccnc(C[S@@+]([O-])c2nc3ccccc3[n-]2)c1C.[Na+]. The fraction of sp³-hybridized carbons (Fsp3) is 0.333. The third-order valence-electron chi connectivity index (χ3n) is 3.79. The van der Waals surface area contributed by atoms with Crippen LogP contribution >= 0.6 is 0 Å². The van der Waals surface area contributed by atoms with Gasteiger partial charge in [0.15, 0.2) is 5.75 Å². The predicted octanol–water partition coefficient (Wildman–Crippen LogP) is -0.377. The number of pyridine rings is 1. The van der Waals surface area contributed by atoms with Gasteiger partial charge in [0.05, 0.1) is 12.3 Å². The van der Waals surface area contributed by atoms with Gasteiger partial charge < -0.3 is 24.0 Å². The van der Waals surface area contributed by atoms with Crippen LogP contribution in [0, 0.1) is 6.92 Å². The van der Waals surface area contributed by atoms with E-state index in [-0.39, 0.29) is 35.3 Å². The number of rotatable bonds is 8. The van der Waals surface area contributed by atoms with Gasteiger partial charge in [0.1, 0.15) is 10.9 Å². The monoisotopic (exact) mass is 381 g/mol. The molecule has 6 nitrogen and oxygen atoms in total. The van der Waals surface area contributed by atoms with Crippen molar-refractivity contribution in [3.63, 3.8) is 0 Å². The Hall–Kier alpha value is -1.09. The number of methoxy groups -OCH3 is 1. The largest absolute Gasteiger partial charge is 1.00 e. The molecule has 3 rings (SSSR count). The molecule has 0 aliphatic rings. The Morgan fingerprint density at radius 3 is 2.77 bits per heavy atom. The molecule has 26 heavy (non-hydrogen) atoms. The summed E-state index contributed by atoms with van der Waals surface area (Å²) in [6.07, 6.45) is 2.49. The minimum absolute atomic E-state index is 0. The molecule has 0 N–H and O–H groups in total. The van der Waals surface area contributed by atoms with Crippen LogP contribution in [0.5, 0.6) is 5.75 Å². The van der Waals surface area contributed by atoms with Gasteiger partial charge in [-0.15, -0.1) is 0 Å². The molecule has 8 heteroatoms. The summed E-state index contributed by atoms with van der Waals surface area (Å²) in [5.74, 6) is 1.02. The summed E-state index contributed by atoms with van der Waals surface area (Å²) in [5, 5.41) is 0.341. The number of benzene rings is 1. The molecule has 0 saturated heterocycles. The molecular formula is C18H20N3NaO3S. The van der Waals surface area contributed by atoms with Crippen molar-refractivity contribution >= 4 is 22.2 Å². The quantitative estimate of drug-likeness (QED) is 0.301. The van der Waals surface area contributed by atoms with Crippen LogP contribution < -0.4 is 39.3 Å². The first-order valence-electron chi connectivity index (χ1n) is 8.03. The van der Waals surface area contributed by atoms with Crippen LogP contribution in [-0.4, -0.2) is 34.8 Å². The molecule has 1 atom stereocenters. The van der Waals surface area contributed by atoms with Gasteiger partial charge in [-0.1, -0.05) is 24.3 Å². The normalized spacial score (nSPS) is 12.0. The van der Waals surface area contributed by atoms with E-state index in [2.05, 4.69) is 15.0 Å². The number of ether oxygens (including phenoxy) is 2. The van der Waals surface area contributed by atoms with E-state index in [0.29, 0.717) is 18.4 Å². The number of aromatic nitrogens is 3. The van der Waals surface area contributed by atoms with E-state index in [1.165, 1.54) is 0 Å². The maximum Gasteiger partial charge on any atom is 1.00 e. The van der Waals surface area contributed by atoms with Gasteiger partial charge in [-0.3, -0.25) is 4.98 Å². The number of hydrogen-bond acceptors (Lipinski definition) is 5. The van der Waals surface area contributed by atoms with Crippen LogP contribution in [0.2, 0.25) is 0 Å². The van der Waals surface area contributed by atoms with Crippen molar-refractivity contribution in [2.45, 2.75) is 24.3 Å². The van der Waals surface area contributed by atoms with E-state index in [1.54, 1.807) is 13.3 Å². The first-order chi connectivity index (χ1) is 12.2. The van der Waals surface area contributed by atoms with Crippen molar-refractivity contribution in [2.75, 3.05) is 20.3 Å². The second-order valence-electron chi connectivity index (χ2n) is 5.56. The van der Waals surface area contributed by atoms with Gasteiger partial charge in [0, 0.05) is 31.9 Å². The number of para-hydroxylation sites is 2. The third kappa shape index (κ3) is 5.22. The Kier molecular flexibility index (Phi) is 8.40. The van der Waals surface area contributed by atoms with E-state index < -0.39 is 11.2 Å².